The summed E-state index contributed by atoms with van der Waals surface area (Å²) in [5.74, 6) is -0.524. The highest BCUT2D eigenvalue weighted by Crippen LogP contribution is 2.38. The monoisotopic (exact) mass is 427 g/mol. The number of nitrogens with two attached hydrogens (primary N) is 1. The molecule has 0 bridgehead atoms. The molecule has 110 valence electrons. The van der Waals surface area contributed by atoms with Crippen molar-refractivity contribution >= 4 is 67.9 Å². The zero-order valence-corrected chi connectivity index (χ0v) is 14.8. The van der Waals surface area contributed by atoms with Gasteiger partial charge in [0.1, 0.15) is 10.7 Å². The van der Waals surface area contributed by atoms with Crippen molar-refractivity contribution in [2.45, 2.75) is 0 Å². The molecule has 0 atom stereocenters. The highest BCUT2D eigenvalue weighted by molar-refractivity contribution is 9.10. The van der Waals surface area contributed by atoms with Crippen LogP contribution in [0.2, 0.25) is 15.1 Å². The minimum atomic E-state index is -0.651. The number of benzene rings is 2. The number of hydrogen-bond acceptors (Lipinski definition) is 2. The van der Waals surface area contributed by atoms with Crippen molar-refractivity contribution in [3.05, 3.63) is 55.2 Å². The van der Waals surface area contributed by atoms with E-state index in [2.05, 4.69) is 15.9 Å². The average Bonchev–Trinajstić information content (AvgIpc) is 2.40. The van der Waals surface area contributed by atoms with Gasteiger partial charge in [0.25, 0.3) is 0 Å². The molecule has 0 amide bonds. The molecule has 0 saturated heterocycles. The molecule has 8 heteroatoms. The van der Waals surface area contributed by atoms with E-state index in [-0.39, 0.29) is 36.0 Å². The molecule has 21 heavy (non-hydrogen) atoms. The molecule has 0 radical (unpaired) electrons. The molecule has 2 rings (SSSR count). The summed E-state index contributed by atoms with van der Waals surface area (Å²) < 4.78 is 19.8. The van der Waals surface area contributed by atoms with Gasteiger partial charge in [0.15, 0.2) is 11.6 Å². The normalized spacial score (nSPS) is 10.5. The van der Waals surface area contributed by atoms with Crippen LogP contribution in [0.25, 0.3) is 0 Å². The molecular formula is C13H6BrCl3FNOS. The number of halogens is 5. The fraction of sp³-hybridized carbons (Fsp3) is 0. The SMILES string of the molecule is NC(=S)c1ccc(Oc2cc(Cl)c(Cl)cc2Cl)c(F)c1Br. The van der Waals surface area contributed by atoms with E-state index in [9.17, 15) is 4.39 Å². The maximum atomic E-state index is 14.2. The van der Waals surface area contributed by atoms with Crippen molar-refractivity contribution in [3.8, 4) is 11.5 Å². The summed E-state index contributed by atoms with van der Waals surface area (Å²) in [4.78, 5) is 0.0693. The second-order valence-electron chi connectivity index (χ2n) is 3.90. The highest BCUT2D eigenvalue weighted by atomic mass is 79.9. The first kappa shape index (κ1) is 16.8. The molecule has 2 N–H and O–H groups in total. The lowest BCUT2D eigenvalue weighted by molar-refractivity contribution is 0.440. The van der Waals surface area contributed by atoms with Gasteiger partial charge in [-0.15, -0.1) is 0 Å². The fourth-order valence-electron chi connectivity index (χ4n) is 1.50. The Balaban J connectivity index is 2.43. The summed E-state index contributed by atoms with van der Waals surface area (Å²) in [6.07, 6.45) is 0. The van der Waals surface area contributed by atoms with Gasteiger partial charge in [-0.25, -0.2) is 4.39 Å². The molecule has 0 fully saturated rings. The average molecular weight is 430 g/mol. The van der Waals surface area contributed by atoms with Crippen molar-refractivity contribution in [1.82, 2.24) is 0 Å². The van der Waals surface area contributed by atoms with Crippen molar-refractivity contribution in [2.24, 2.45) is 5.73 Å². The summed E-state index contributed by atoms with van der Waals surface area (Å²) in [6, 6.07) is 5.75. The molecule has 0 aliphatic heterocycles. The first-order chi connectivity index (χ1) is 9.81. The van der Waals surface area contributed by atoms with E-state index in [1.807, 2.05) is 0 Å². The quantitative estimate of drug-likeness (QED) is 0.482. The van der Waals surface area contributed by atoms with E-state index in [1.54, 1.807) is 0 Å². The van der Waals surface area contributed by atoms with Gasteiger partial charge < -0.3 is 10.5 Å². The van der Waals surface area contributed by atoms with E-state index in [0.717, 1.165) is 0 Å². The molecule has 0 aromatic heterocycles. The maximum absolute atomic E-state index is 14.2. The van der Waals surface area contributed by atoms with Crippen LogP contribution in [-0.2, 0) is 0 Å². The number of hydrogen-bond donors (Lipinski definition) is 1. The number of ether oxygens (including phenoxy) is 1. The Morgan fingerprint density at radius 1 is 1.10 bits per heavy atom. The highest BCUT2D eigenvalue weighted by Gasteiger charge is 2.16. The lowest BCUT2D eigenvalue weighted by atomic mass is 10.2. The Morgan fingerprint density at radius 2 is 1.71 bits per heavy atom. The summed E-state index contributed by atoms with van der Waals surface area (Å²) in [6.45, 7) is 0. The van der Waals surface area contributed by atoms with Crippen LogP contribution in [0.3, 0.4) is 0 Å². The molecular weight excluding hydrogens is 423 g/mol. The summed E-state index contributed by atoms with van der Waals surface area (Å²) >= 11 is 25.6. The Labute approximate surface area is 149 Å². The van der Waals surface area contributed by atoms with Gasteiger partial charge >= 0.3 is 0 Å². The lowest BCUT2D eigenvalue weighted by Crippen LogP contribution is -2.11. The standard InChI is InChI=1S/C13H6BrCl3FNOS/c14-11-5(13(19)21)1-2-9(12(11)18)20-10-4-7(16)6(15)3-8(10)17/h1-4H,(H2,19,21). The zero-order valence-electron chi connectivity index (χ0n) is 10.1. The van der Waals surface area contributed by atoms with Crippen molar-refractivity contribution < 1.29 is 9.13 Å². The maximum Gasteiger partial charge on any atom is 0.180 e. The zero-order chi connectivity index (χ0) is 15.7. The van der Waals surface area contributed by atoms with E-state index >= 15 is 0 Å². The largest absolute Gasteiger partial charge is 0.453 e. The number of thiocarbonyl (C=S) groups is 1. The Hall–Kier alpha value is -0.590. The van der Waals surface area contributed by atoms with Crippen LogP contribution in [0.15, 0.2) is 28.7 Å². The van der Waals surface area contributed by atoms with Gasteiger partial charge in [0.2, 0.25) is 0 Å². The smallest absolute Gasteiger partial charge is 0.180 e. The summed E-state index contributed by atoms with van der Waals surface area (Å²) in [5, 5.41) is 0.730. The van der Waals surface area contributed by atoms with Gasteiger partial charge in [0, 0.05) is 11.6 Å². The minimum absolute atomic E-state index is 0.0536. The van der Waals surface area contributed by atoms with Crippen LogP contribution in [0.4, 0.5) is 4.39 Å². The van der Waals surface area contributed by atoms with E-state index in [4.69, 9.17) is 57.5 Å². The van der Waals surface area contributed by atoms with Crippen molar-refractivity contribution in [1.29, 1.82) is 0 Å². The van der Waals surface area contributed by atoms with Crippen molar-refractivity contribution in [3.63, 3.8) is 0 Å². The van der Waals surface area contributed by atoms with Crippen LogP contribution in [0, 0.1) is 5.82 Å². The predicted molar refractivity (Wildman–Crippen MR) is 91.5 cm³/mol. The third kappa shape index (κ3) is 3.60. The second-order valence-corrected chi connectivity index (χ2v) is 6.36. The van der Waals surface area contributed by atoms with Crippen LogP contribution >= 0.6 is 63.0 Å². The molecule has 2 aromatic carbocycles. The topological polar surface area (TPSA) is 35.2 Å². The summed E-state index contributed by atoms with van der Waals surface area (Å²) in [5.41, 5.74) is 5.86. The van der Waals surface area contributed by atoms with Gasteiger partial charge in [-0.3, -0.25) is 0 Å². The van der Waals surface area contributed by atoms with Crippen LogP contribution in [0.5, 0.6) is 11.5 Å². The molecule has 0 aliphatic rings. The lowest BCUT2D eigenvalue weighted by Gasteiger charge is -2.12. The fourth-order valence-corrected chi connectivity index (χ4v) is 2.92. The van der Waals surface area contributed by atoms with Crippen LogP contribution in [0.1, 0.15) is 5.56 Å². The van der Waals surface area contributed by atoms with Crippen LogP contribution in [-0.4, -0.2) is 4.99 Å². The van der Waals surface area contributed by atoms with Crippen LogP contribution < -0.4 is 10.5 Å². The van der Waals surface area contributed by atoms with Gasteiger partial charge in [-0.2, -0.15) is 0 Å². The number of rotatable bonds is 3. The van der Waals surface area contributed by atoms with Gasteiger partial charge in [-0.05, 0) is 34.1 Å². The Morgan fingerprint density at radius 3 is 2.33 bits per heavy atom. The van der Waals surface area contributed by atoms with Gasteiger partial charge in [0.05, 0.1) is 19.5 Å². The summed E-state index contributed by atoms with van der Waals surface area (Å²) in [7, 11) is 0. The molecule has 0 heterocycles. The Bertz CT molecular complexity index is 742. The van der Waals surface area contributed by atoms with E-state index in [1.165, 1.54) is 24.3 Å². The first-order valence-electron chi connectivity index (χ1n) is 5.41. The molecule has 2 aromatic rings. The van der Waals surface area contributed by atoms with E-state index in [0.29, 0.717) is 5.56 Å². The first-order valence-corrected chi connectivity index (χ1v) is 7.75. The van der Waals surface area contributed by atoms with Gasteiger partial charge in [-0.1, -0.05) is 47.0 Å². The predicted octanol–water partition coefficient (Wildman–Crippen LogP) is 5.97. The molecule has 0 saturated carbocycles. The second kappa shape index (κ2) is 6.67. The van der Waals surface area contributed by atoms with Crippen molar-refractivity contribution in [2.75, 3.05) is 0 Å². The molecule has 2 nitrogen and oxygen atoms in total. The Kier molecular flexibility index (Phi) is 5.33. The van der Waals surface area contributed by atoms with E-state index < -0.39 is 5.82 Å². The third-order valence-corrected chi connectivity index (χ3v) is 4.52. The molecule has 0 unspecified atom stereocenters. The minimum Gasteiger partial charge on any atom is -0.453 e. The third-order valence-electron chi connectivity index (χ3n) is 2.51. The molecule has 0 spiro atoms. The molecule has 0 aliphatic carbocycles.